The fraction of sp³-hybridized carbons (Fsp3) is 0.111. The van der Waals surface area contributed by atoms with E-state index in [0.717, 1.165) is 0 Å². The van der Waals surface area contributed by atoms with Gasteiger partial charge in [0.1, 0.15) is 11.8 Å². The van der Waals surface area contributed by atoms with Crippen LogP contribution in [-0.2, 0) is 6.54 Å². The first-order valence-corrected chi connectivity index (χ1v) is 7.60. The van der Waals surface area contributed by atoms with E-state index in [-0.39, 0.29) is 12.3 Å². The molecule has 0 aliphatic rings. The van der Waals surface area contributed by atoms with Gasteiger partial charge in [-0.1, -0.05) is 17.2 Å². The first-order valence-electron chi connectivity index (χ1n) is 7.60. The largest absolute Gasteiger partial charge is 0.573 e. The van der Waals surface area contributed by atoms with Crippen molar-refractivity contribution < 1.29 is 17.9 Å². The molecule has 134 valence electrons. The maximum atomic E-state index is 12.3. The van der Waals surface area contributed by atoms with Gasteiger partial charge in [-0.25, -0.2) is 0 Å². The Morgan fingerprint density at radius 3 is 2.59 bits per heavy atom. The quantitative estimate of drug-likeness (QED) is 0.346. The van der Waals surface area contributed by atoms with Gasteiger partial charge in [0.05, 0.1) is 17.6 Å². The molecular formula is C18H10F3N5O. The number of azide groups is 1. The Kier molecular flexibility index (Phi) is 4.83. The Bertz CT molecular complexity index is 1080. The molecule has 0 fully saturated rings. The lowest BCUT2D eigenvalue weighted by Crippen LogP contribution is -2.16. The predicted molar refractivity (Wildman–Crippen MR) is 91.4 cm³/mol. The van der Waals surface area contributed by atoms with Crippen LogP contribution >= 0.6 is 0 Å². The van der Waals surface area contributed by atoms with Gasteiger partial charge >= 0.3 is 6.36 Å². The maximum absolute atomic E-state index is 12.3. The molecule has 3 rings (SSSR count). The standard InChI is InChI=1S/C18H10F3N5O/c19-18(20,21)27-13-5-3-11(4-6-13)15-8-12(10-25-26-23)16(9-22)14-2-1-7-24-17(14)15/h1-8H,10H2. The van der Waals surface area contributed by atoms with E-state index in [1.807, 2.05) is 0 Å². The fourth-order valence-electron chi connectivity index (χ4n) is 2.73. The second-order valence-corrected chi connectivity index (χ2v) is 5.43. The minimum Gasteiger partial charge on any atom is -0.406 e. The molecule has 3 aromatic rings. The molecule has 0 atom stereocenters. The summed E-state index contributed by atoms with van der Waals surface area (Å²) in [6, 6.07) is 12.5. The Balaban J connectivity index is 2.16. The second-order valence-electron chi connectivity index (χ2n) is 5.43. The minimum absolute atomic E-state index is 0.0352. The molecule has 0 spiro atoms. The molecule has 0 aliphatic carbocycles. The molecular weight excluding hydrogens is 359 g/mol. The third-order valence-electron chi connectivity index (χ3n) is 3.79. The molecule has 0 amide bonds. The van der Waals surface area contributed by atoms with Crippen LogP contribution in [0.4, 0.5) is 13.2 Å². The summed E-state index contributed by atoms with van der Waals surface area (Å²) >= 11 is 0. The highest BCUT2D eigenvalue weighted by molar-refractivity contribution is 5.98. The van der Waals surface area contributed by atoms with Gasteiger partial charge in [0, 0.05) is 22.1 Å². The normalized spacial score (nSPS) is 10.9. The summed E-state index contributed by atoms with van der Waals surface area (Å²) in [7, 11) is 0. The van der Waals surface area contributed by atoms with Crippen molar-refractivity contribution >= 4 is 10.9 Å². The Hall–Kier alpha value is -3.76. The second kappa shape index (κ2) is 7.23. The monoisotopic (exact) mass is 369 g/mol. The van der Waals surface area contributed by atoms with E-state index >= 15 is 0 Å². The number of halogens is 3. The van der Waals surface area contributed by atoms with E-state index in [4.69, 9.17) is 5.53 Å². The number of benzene rings is 2. The summed E-state index contributed by atoms with van der Waals surface area (Å²) in [5.41, 5.74) is 11.1. The summed E-state index contributed by atoms with van der Waals surface area (Å²) < 4.78 is 40.9. The van der Waals surface area contributed by atoms with Crippen LogP contribution in [0.15, 0.2) is 53.8 Å². The summed E-state index contributed by atoms with van der Waals surface area (Å²) in [5.74, 6) is -0.341. The molecule has 6 nitrogen and oxygen atoms in total. The SMILES string of the molecule is N#Cc1c(CN=[N+]=[N-])cc(-c2ccc(OC(F)(F)F)cc2)c2ncccc12. The van der Waals surface area contributed by atoms with Gasteiger partial charge in [0.25, 0.3) is 0 Å². The van der Waals surface area contributed by atoms with Crippen LogP contribution in [-0.4, -0.2) is 11.3 Å². The van der Waals surface area contributed by atoms with Gasteiger partial charge in [0.2, 0.25) is 0 Å². The number of pyridine rings is 1. The van der Waals surface area contributed by atoms with Crippen LogP contribution in [0.5, 0.6) is 5.75 Å². The van der Waals surface area contributed by atoms with Crippen LogP contribution in [0.2, 0.25) is 0 Å². The minimum atomic E-state index is -4.77. The van der Waals surface area contributed by atoms with Gasteiger partial charge in [-0.2, -0.15) is 5.26 Å². The number of ether oxygens (including phenoxy) is 1. The number of nitriles is 1. The smallest absolute Gasteiger partial charge is 0.406 e. The van der Waals surface area contributed by atoms with Crippen molar-refractivity contribution in [3.63, 3.8) is 0 Å². The van der Waals surface area contributed by atoms with Gasteiger partial charge in [0.15, 0.2) is 0 Å². The Morgan fingerprint density at radius 1 is 1.22 bits per heavy atom. The van der Waals surface area contributed by atoms with Crippen molar-refractivity contribution in [3.8, 4) is 22.9 Å². The topological polar surface area (TPSA) is 94.7 Å². The summed E-state index contributed by atoms with van der Waals surface area (Å²) in [6.07, 6.45) is -3.21. The fourth-order valence-corrected chi connectivity index (χ4v) is 2.73. The predicted octanol–water partition coefficient (Wildman–Crippen LogP) is 5.48. The number of alkyl halides is 3. The third-order valence-corrected chi connectivity index (χ3v) is 3.79. The van der Waals surface area contributed by atoms with Gasteiger partial charge < -0.3 is 4.74 Å². The van der Waals surface area contributed by atoms with Crippen molar-refractivity contribution in [1.29, 1.82) is 5.26 Å². The number of fused-ring (bicyclic) bond motifs is 1. The molecule has 0 unspecified atom stereocenters. The van der Waals surface area contributed by atoms with Gasteiger partial charge in [-0.05, 0) is 47.0 Å². The highest BCUT2D eigenvalue weighted by Crippen LogP contribution is 2.33. The lowest BCUT2D eigenvalue weighted by atomic mass is 9.94. The number of hydrogen-bond acceptors (Lipinski definition) is 4. The highest BCUT2D eigenvalue weighted by atomic mass is 19.4. The molecule has 0 aliphatic heterocycles. The summed E-state index contributed by atoms with van der Waals surface area (Å²) in [6.45, 7) is -0.0352. The van der Waals surface area contributed by atoms with Crippen LogP contribution in [0, 0.1) is 11.3 Å². The molecule has 0 saturated carbocycles. The molecule has 1 heterocycles. The van der Waals surface area contributed by atoms with Crippen LogP contribution in [0.25, 0.3) is 32.5 Å². The highest BCUT2D eigenvalue weighted by Gasteiger charge is 2.31. The van der Waals surface area contributed by atoms with E-state index in [1.54, 1.807) is 24.4 Å². The molecule has 0 N–H and O–H groups in total. The third kappa shape index (κ3) is 3.92. The average Bonchev–Trinajstić information content (AvgIpc) is 2.65. The van der Waals surface area contributed by atoms with Crippen LogP contribution in [0.3, 0.4) is 0 Å². The van der Waals surface area contributed by atoms with Crippen molar-refractivity contribution in [2.24, 2.45) is 5.11 Å². The van der Waals surface area contributed by atoms with Gasteiger partial charge in [-0.15, -0.1) is 13.2 Å². The molecule has 0 bridgehead atoms. The summed E-state index contributed by atoms with van der Waals surface area (Å²) in [4.78, 5) is 7.02. The van der Waals surface area contributed by atoms with E-state index in [1.165, 1.54) is 24.3 Å². The van der Waals surface area contributed by atoms with Gasteiger partial charge in [-0.3, -0.25) is 4.98 Å². The van der Waals surface area contributed by atoms with E-state index < -0.39 is 6.36 Å². The molecule has 1 aromatic heterocycles. The molecule has 9 heteroatoms. The number of rotatable bonds is 4. The number of hydrogen-bond donors (Lipinski definition) is 0. The molecule has 27 heavy (non-hydrogen) atoms. The Labute approximate surface area is 151 Å². The van der Waals surface area contributed by atoms with E-state index in [2.05, 4.69) is 25.8 Å². The van der Waals surface area contributed by atoms with E-state index in [9.17, 15) is 18.4 Å². The summed E-state index contributed by atoms with van der Waals surface area (Å²) in [5, 5.41) is 13.6. The zero-order valence-electron chi connectivity index (χ0n) is 13.6. The lowest BCUT2D eigenvalue weighted by molar-refractivity contribution is -0.274. The first-order chi connectivity index (χ1) is 12.9. The molecule has 0 saturated heterocycles. The Morgan fingerprint density at radius 2 is 1.96 bits per heavy atom. The average molecular weight is 369 g/mol. The van der Waals surface area contributed by atoms with Crippen molar-refractivity contribution in [2.75, 3.05) is 0 Å². The van der Waals surface area contributed by atoms with Crippen molar-refractivity contribution in [2.45, 2.75) is 12.9 Å². The lowest BCUT2D eigenvalue weighted by Gasteiger charge is -2.13. The van der Waals surface area contributed by atoms with E-state index in [0.29, 0.717) is 33.2 Å². The molecule has 2 aromatic carbocycles. The maximum Gasteiger partial charge on any atom is 0.573 e. The van der Waals surface area contributed by atoms with Crippen molar-refractivity contribution in [1.82, 2.24) is 4.98 Å². The zero-order valence-corrected chi connectivity index (χ0v) is 13.6. The number of aromatic nitrogens is 1. The number of nitrogens with zero attached hydrogens (tertiary/aromatic N) is 5. The van der Waals surface area contributed by atoms with Crippen LogP contribution in [0.1, 0.15) is 11.1 Å². The molecule has 0 radical (unpaired) electrons. The van der Waals surface area contributed by atoms with Crippen LogP contribution < -0.4 is 4.74 Å². The van der Waals surface area contributed by atoms with Crippen molar-refractivity contribution in [3.05, 3.63) is 70.2 Å². The zero-order chi connectivity index (χ0) is 19.4. The first kappa shape index (κ1) is 18.0.